The highest BCUT2D eigenvalue weighted by Gasteiger charge is 2.21. The number of nitrogens with zero attached hydrogens (tertiary/aromatic N) is 3. The van der Waals surface area contributed by atoms with Gasteiger partial charge in [-0.1, -0.05) is 6.58 Å². The average Bonchev–Trinajstić information content (AvgIpc) is 3.35. The second kappa shape index (κ2) is 7.14. The highest BCUT2D eigenvalue weighted by Crippen LogP contribution is 2.25. The number of anilines is 1. The maximum Gasteiger partial charge on any atom is 0.155 e. The second-order valence-electron chi connectivity index (χ2n) is 6.64. The number of pyridine rings is 1. The molecule has 29 heavy (non-hydrogen) atoms. The molecule has 5 rings (SSSR count). The number of hydrogen-bond acceptors (Lipinski definition) is 5. The highest BCUT2D eigenvalue weighted by molar-refractivity contribution is 7.14. The maximum atomic E-state index is 13.6. The molecule has 0 unspecified atom stereocenters. The van der Waals surface area contributed by atoms with Crippen molar-refractivity contribution in [3.63, 3.8) is 0 Å². The number of nitrogens with one attached hydrogen (secondary N) is 3. The van der Waals surface area contributed by atoms with Crippen molar-refractivity contribution in [2.24, 2.45) is 4.99 Å². The van der Waals surface area contributed by atoms with E-state index in [1.54, 1.807) is 23.8 Å². The van der Waals surface area contributed by atoms with E-state index in [1.165, 1.54) is 17.4 Å². The summed E-state index contributed by atoms with van der Waals surface area (Å²) in [5, 5.41) is 10.1. The number of fused-ring (bicyclic) bond motifs is 2. The first-order valence-corrected chi connectivity index (χ1v) is 9.99. The molecule has 4 heterocycles. The van der Waals surface area contributed by atoms with Crippen molar-refractivity contribution in [1.82, 2.24) is 20.3 Å². The Kier molecular flexibility index (Phi) is 4.33. The summed E-state index contributed by atoms with van der Waals surface area (Å²) >= 11 is 1.52. The van der Waals surface area contributed by atoms with Crippen LogP contribution in [0.2, 0.25) is 0 Å². The fourth-order valence-electron chi connectivity index (χ4n) is 3.39. The number of benzene rings is 1. The molecule has 4 aromatic rings. The lowest BCUT2D eigenvalue weighted by molar-refractivity contribution is 0.629. The van der Waals surface area contributed by atoms with Gasteiger partial charge in [0.1, 0.15) is 22.3 Å². The normalized spacial score (nSPS) is 16.5. The number of aromatic amines is 1. The summed E-state index contributed by atoms with van der Waals surface area (Å²) in [7, 11) is 0. The van der Waals surface area contributed by atoms with Gasteiger partial charge in [0.2, 0.25) is 0 Å². The van der Waals surface area contributed by atoms with Gasteiger partial charge in [-0.25, -0.2) is 9.37 Å². The fraction of sp³-hybridized carbons (Fsp3) is 0.0952. The Morgan fingerprint density at radius 2 is 2.10 bits per heavy atom. The van der Waals surface area contributed by atoms with Gasteiger partial charge in [0.25, 0.3) is 0 Å². The number of aromatic nitrogens is 3. The molecule has 0 saturated carbocycles. The van der Waals surface area contributed by atoms with Crippen LogP contribution >= 0.6 is 11.3 Å². The fourth-order valence-corrected chi connectivity index (χ4v) is 4.07. The summed E-state index contributed by atoms with van der Waals surface area (Å²) in [4.78, 5) is 16.6. The number of rotatable bonds is 3. The minimum absolute atomic E-state index is 0.239. The van der Waals surface area contributed by atoms with E-state index in [0.717, 1.165) is 38.2 Å². The van der Waals surface area contributed by atoms with E-state index in [2.05, 4.69) is 32.2 Å². The van der Waals surface area contributed by atoms with Gasteiger partial charge < -0.3 is 15.6 Å². The van der Waals surface area contributed by atoms with Crippen LogP contribution in [0.3, 0.4) is 0 Å². The number of H-pyrrole nitrogens is 1. The number of amidine groups is 1. The highest BCUT2D eigenvalue weighted by atomic mass is 32.1. The molecule has 0 saturated heterocycles. The standard InChI is InChI=1S/C21H17FN6S/c1-12-15(3-2-7-23-12)19-27-20(18-21(28-19)29-11-26-18)24-8-6-13-10-25-17-5-4-14(22)9-16(13)17/h2-5,7,9-11,25,28H,1,6,8H2,(H,24,27). The Bertz CT molecular complexity index is 1350. The van der Waals surface area contributed by atoms with Crippen molar-refractivity contribution in [3.8, 4) is 0 Å². The summed E-state index contributed by atoms with van der Waals surface area (Å²) in [5.74, 6) is 1.24. The van der Waals surface area contributed by atoms with Gasteiger partial charge in [-0.2, -0.15) is 0 Å². The zero-order chi connectivity index (χ0) is 19.8. The van der Waals surface area contributed by atoms with E-state index < -0.39 is 0 Å². The molecule has 0 aliphatic carbocycles. The SMILES string of the molecule is C=c1ncccc1=C1NC(=NCCc2c[nH]c3ccc(F)cc23)c2ncsc2N1. The molecule has 3 N–H and O–H groups in total. The minimum atomic E-state index is -0.239. The van der Waals surface area contributed by atoms with E-state index in [0.29, 0.717) is 24.2 Å². The Balaban J connectivity index is 1.46. The molecule has 8 heteroatoms. The van der Waals surface area contributed by atoms with Gasteiger partial charge in [0.15, 0.2) is 5.84 Å². The molecule has 0 bridgehead atoms. The molecular formula is C21H17FN6S. The van der Waals surface area contributed by atoms with Crippen molar-refractivity contribution in [2.75, 3.05) is 11.9 Å². The molecular weight excluding hydrogens is 387 g/mol. The lowest BCUT2D eigenvalue weighted by Gasteiger charge is -2.20. The van der Waals surface area contributed by atoms with Crippen molar-refractivity contribution in [3.05, 3.63) is 75.9 Å². The van der Waals surface area contributed by atoms with Gasteiger partial charge in [-0.15, -0.1) is 11.3 Å². The zero-order valence-electron chi connectivity index (χ0n) is 15.4. The number of aliphatic imine (C=N–C) groups is 1. The minimum Gasteiger partial charge on any atom is -0.361 e. The third kappa shape index (κ3) is 3.27. The first kappa shape index (κ1) is 17.6. The number of halogens is 1. The number of thiazole rings is 1. The predicted octanol–water partition coefficient (Wildman–Crippen LogP) is 2.34. The summed E-state index contributed by atoms with van der Waals surface area (Å²) in [6.07, 6.45) is 4.31. The number of hydrogen-bond donors (Lipinski definition) is 3. The maximum absolute atomic E-state index is 13.6. The molecule has 6 nitrogen and oxygen atoms in total. The topological polar surface area (TPSA) is 78.0 Å². The van der Waals surface area contributed by atoms with Crippen LogP contribution in [0.15, 0.2) is 53.2 Å². The molecule has 1 aliphatic heterocycles. The van der Waals surface area contributed by atoms with E-state index in [9.17, 15) is 4.39 Å². The van der Waals surface area contributed by atoms with Crippen LogP contribution in [0.4, 0.5) is 9.39 Å². The quantitative estimate of drug-likeness (QED) is 0.490. The van der Waals surface area contributed by atoms with Crippen LogP contribution < -0.4 is 21.2 Å². The van der Waals surface area contributed by atoms with Crippen molar-refractivity contribution < 1.29 is 4.39 Å². The first-order chi connectivity index (χ1) is 14.2. The average molecular weight is 404 g/mol. The van der Waals surface area contributed by atoms with Crippen LogP contribution in [-0.4, -0.2) is 27.3 Å². The van der Waals surface area contributed by atoms with Crippen molar-refractivity contribution in [1.29, 1.82) is 0 Å². The molecule has 1 aromatic carbocycles. The van der Waals surface area contributed by atoms with E-state index >= 15 is 0 Å². The van der Waals surface area contributed by atoms with E-state index in [-0.39, 0.29) is 5.82 Å². The summed E-state index contributed by atoms with van der Waals surface area (Å²) in [6, 6.07) is 8.59. The second-order valence-corrected chi connectivity index (χ2v) is 7.49. The van der Waals surface area contributed by atoms with Crippen LogP contribution in [0.1, 0.15) is 11.3 Å². The molecule has 0 atom stereocenters. The van der Waals surface area contributed by atoms with Gasteiger partial charge in [-0.3, -0.25) is 9.98 Å². The Hall–Kier alpha value is -3.52. The largest absolute Gasteiger partial charge is 0.361 e. The van der Waals surface area contributed by atoms with E-state index in [1.807, 2.05) is 18.3 Å². The van der Waals surface area contributed by atoms with Crippen molar-refractivity contribution >= 4 is 45.5 Å². The summed E-state index contributed by atoms with van der Waals surface area (Å²) in [5.41, 5.74) is 4.53. The van der Waals surface area contributed by atoms with Crippen LogP contribution in [0.5, 0.6) is 0 Å². The Labute approximate surface area is 169 Å². The molecule has 0 spiro atoms. The smallest absolute Gasteiger partial charge is 0.155 e. The lowest BCUT2D eigenvalue weighted by Crippen LogP contribution is -2.41. The zero-order valence-corrected chi connectivity index (χ0v) is 16.2. The third-order valence-electron chi connectivity index (χ3n) is 4.81. The van der Waals surface area contributed by atoms with Crippen LogP contribution in [0.25, 0.3) is 23.3 Å². The van der Waals surface area contributed by atoms with E-state index in [4.69, 9.17) is 4.99 Å². The molecule has 144 valence electrons. The monoisotopic (exact) mass is 404 g/mol. The molecule has 0 amide bonds. The predicted molar refractivity (Wildman–Crippen MR) is 115 cm³/mol. The van der Waals surface area contributed by atoms with Gasteiger partial charge >= 0.3 is 0 Å². The summed E-state index contributed by atoms with van der Waals surface area (Å²) < 4.78 is 13.6. The summed E-state index contributed by atoms with van der Waals surface area (Å²) in [6.45, 7) is 4.54. The first-order valence-electron chi connectivity index (χ1n) is 9.11. The Morgan fingerprint density at radius 3 is 3.00 bits per heavy atom. The molecule has 1 aliphatic rings. The Morgan fingerprint density at radius 1 is 1.17 bits per heavy atom. The molecule has 0 radical (unpaired) electrons. The van der Waals surface area contributed by atoms with Crippen LogP contribution in [0, 0.1) is 5.82 Å². The van der Waals surface area contributed by atoms with Gasteiger partial charge in [0.05, 0.1) is 10.9 Å². The van der Waals surface area contributed by atoms with Gasteiger partial charge in [-0.05, 0) is 42.3 Å². The lowest BCUT2D eigenvalue weighted by atomic mass is 10.1. The van der Waals surface area contributed by atoms with Crippen LogP contribution in [-0.2, 0) is 6.42 Å². The third-order valence-corrected chi connectivity index (χ3v) is 5.56. The van der Waals surface area contributed by atoms with Crippen molar-refractivity contribution in [2.45, 2.75) is 6.42 Å². The van der Waals surface area contributed by atoms with Gasteiger partial charge in [0, 0.05) is 35.1 Å². The molecule has 0 fully saturated rings. The molecule has 3 aromatic heterocycles.